The molecule has 0 aliphatic rings. The number of hydrogen-bond donors (Lipinski definition) is 4. The van der Waals surface area contributed by atoms with E-state index in [1.807, 2.05) is 0 Å². The molecule has 12 nitrogen and oxygen atoms in total. The van der Waals surface area contributed by atoms with Crippen molar-refractivity contribution in [3.8, 4) is 0 Å². The molecule has 0 saturated heterocycles. The molecule has 69 heavy (non-hydrogen) atoms. The second-order valence-corrected chi connectivity index (χ2v) is 21.0. The summed E-state index contributed by atoms with van der Waals surface area (Å²) in [6, 6.07) is 60.1. The van der Waals surface area contributed by atoms with Gasteiger partial charge in [-0.2, -0.15) is 0 Å². The molecule has 0 aliphatic heterocycles. The van der Waals surface area contributed by atoms with Crippen molar-refractivity contribution in [3.63, 3.8) is 0 Å². The van der Waals surface area contributed by atoms with E-state index in [0.29, 0.717) is 0 Å². The van der Waals surface area contributed by atoms with Crippen LogP contribution in [0, 0.1) is 0 Å². The van der Waals surface area contributed by atoms with Crippen molar-refractivity contribution < 1.29 is 51.9 Å². The first-order valence-electron chi connectivity index (χ1n) is 21.6. The molecule has 0 radical (unpaired) electrons. The zero-order chi connectivity index (χ0) is 48.5. The molecule has 0 heterocycles. The van der Waals surface area contributed by atoms with E-state index in [1.165, 1.54) is 194 Å². The fourth-order valence-corrected chi connectivity index (χ4v) is 12.9. The van der Waals surface area contributed by atoms with Crippen molar-refractivity contribution in [2.45, 2.75) is 22.4 Å². The summed E-state index contributed by atoms with van der Waals surface area (Å²) >= 11 is -7.82. The van der Waals surface area contributed by atoms with Crippen molar-refractivity contribution >= 4 is 43.9 Å². The first kappa shape index (κ1) is 47.8. The summed E-state index contributed by atoms with van der Waals surface area (Å²) in [5.41, 5.74) is -11.9. The van der Waals surface area contributed by atoms with Crippen LogP contribution in [0.5, 0.6) is 0 Å². The molecule has 8 rings (SSSR count). The molecule has 4 N–H and O–H groups in total. The zero-order valence-corrected chi connectivity index (χ0v) is 39.5. The van der Waals surface area contributed by atoms with Gasteiger partial charge in [0.2, 0.25) is 0 Å². The Morgan fingerprint density at radius 3 is 0.478 bits per heavy atom. The Morgan fingerprint density at radius 2 is 0.362 bits per heavy atom. The number of aliphatic hydroxyl groups is 4. The number of carbonyl (C=O) groups is 4. The number of carbonyl (C=O) groups excluding carboxylic acids is 4. The second kappa shape index (κ2) is 20.2. The van der Waals surface area contributed by atoms with Gasteiger partial charge in [-0.15, -0.1) is 0 Å². The molecule has 0 saturated carbocycles. The summed E-state index contributed by atoms with van der Waals surface area (Å²) in [5.74, 6) is -6.67. The summed E-state index contributed by atoms with van der Waals surface area (Å²) in [7, 11) is 0. The van der Waals surface area contributed by atoms with Gasteiger partial charge in [-0.25, -0.2) is 0 Å². The molecule has 0 amide bonds. The van der Waals surface area contributed by atoms with E-state index in [-0.39, 0.29) is 44.5 Å². The third-order valence-corrected chi connectivity index (χ3v) is 16.6. The quantitative estimate of drug-likeness (QED) is 0.0708. The molecule has 344 valence electrons. The summed E-state index contributed by atoms with van der Waals surface area (Å²) in [6.07, 6.45) is 0. The molecular weight excluding hydrogens is 983 g/mol. The third kappa shape index (κ3) is 9.31. The van der Waals surface area contributed by atoms with Crippen LogP contribution >= 0.6 is 0 Å². The monoisotopic (exact) mass is 1030 g/mol. The predicted molar refractivity (Wildman–Crippen MR) is 254 cm³/mol. The Hall–Kier alpha value is -7.72. The molecule has 0 aromatic heterocycles. The fraction of sp³-hybridized carbons (Fsp3) is 0.0714. The molecule has 13 heteroatoms. The maximum atomic E-state index is 15.4. The maximum absolute atomic E-state index is 15.4. The molecule has 8 aromatic carbocycles. The molecule has 8 aromatic rings. The van der Waals surface area contributed by atoms with Crippen molar-refractivity contribution in [2.24, 2.45) is 0 Å². The topological polar surface area (TPSA) is 186 Å². The average molecular weight is 1030 g/mol. The van der Waals surface area contributed by atoms with Gasteiger partial charge in [0.25, 0.3) is 0 Å². The van der Waals surface area contributed by atoms with E-state index in [2.05, 4.69) is 0 Å². The van der Waals surface area contributed by atoms with Gasteiger partial charge in [-0.1, -0.05) is 0 Å². The van der Waals surface area contributed by atoms with Gasteiger partial charge >= 0.3 is 405 Å². The first-order chi connectivity index (χ1) is 33.4. The normalized spacial score (nSPS) is 12.0. The Bertz CT molecular complexity index is 2430. The first-order valence-corrected chi connectivity index (χ1v) is 26.3. The van der Waals surface area contributed by atoms with Crippen LogP contribution < -0.4 is 0 Å². The molecule has 0 atom stereocenters. The van der Waals surface area contributed by atoms with E-state index in [4.69, 9.17) is 12.3 Å². The molecule has 0 spiro atoms. The van der Waals surface area contributed by atoms with Crippen LogP contribution in [0.1, 0.15) is 44.5 Å². The van der Waals surface area contributed by atoms with Crippen LogP contribution in [0.2, 0.25) is 0 Å². The van der Waals surface area contributed by atoms with Gasteiger partial charge in [0.05, 0.1) is 0 Å². The van der Waals surface area contributed by atoms with E-state index < -0.39 is 66.3 Å². The zero-order valence-electron chi connectivity index (χ0n) is 36.6. The average Bonchev–Trinajstić information content (AvgIpc) is 3.41. The van der Waals surface area contributed by atoms with Gasteiger partial charge in [0.15, 0.2) is 0 Å². The minimum atomic E-state index is -7.82. The van der Waals surface area contributed by atoms with Gasteiger partial charge in [-0.3, -0.25) is 0 Å². The standard InChI is InChI=1S/4C14H12O3.Sn/c4*15-13(16)14(17,11-7-3-1-4-8-11)12-9-5-2-6-10-12;/h4*1-10,17H,(H,15,16);/q;;;;+4/p-4. The van der Waals surface area contributed by atoms with Gasteiger partial charge in [0.1, 0.15) is 0 Å². The molecule has 0 bridgehead atoms. The van der Waals surface area contributed by atoms with Crippen LogP contribution in [0.4, 0.5) is 0 Å². The fourth-order valence-electron chi connectivity index (χ4n) is 7.92. The second-order valence-electron chi connectivity index (χ2n) is 15.8. The predicted octanol–water partition coefficient (Wildman–Crippen LogP) is 7.34. The minimum absolute atomic E-state index is 0.0782. The van der Waals surface area contributed by atoms with E-state index in [0.717, 1.165) is 0 Å². The van der Waals surface area contributed by atoms with Crippen molar-refractivity contribution in [2.75, 3.05) is 0 Å². The molecule has 0 fully saturated rings. The molecule has 0 unspecified atom stereocenters. The summed E-state index contributed by atoms with van der Waals surface area (Å²) in [6.45, 7) is 0. The van der Waals surface area contributed by atoms with Crippen molar-refractivity contribution in [3.05, 3.63) is 287 Å². The Kier molecular flexibility index (Phi) is 14.0. The van der Waals surface area contributed by atoms with Crippen molar-refractivity contribution in [1.29, 1.82) is 0 Å². The van der Waals surface area contributed by atoms with Crippen molar-refractivity contribution in [1.82, 2.24) is 0 Å². The van der Waals surface area contributed by atoms with Crippen LogP contribution in [0.3, 0.4) is 0 Å². The Balaban J connectivity index is 1.40. The van der Waals surface area contributed by atoms with Gasteiger partial charge < -0.3 is 0 Å². The third-order valence-electron chi connectivity index (χ3n) is 11.6. The van der Waals surface area contributed by atoms with Gasteiger partial charge in [0, 0.05) is 0 Å². The van der Waals surface area contributed by atoms with Crippen LogP contribution in [0.15, 0.2) is 243 Å². The van der Waals surface area contributed by atoms with Gasteiger partial charge in [-0.05, 0) is 0 Å². The van der Waals surface area contributed by atoms with E-state index in [9.17, 15) is 20.4 Å². The summed E-state index contributed by atoms with van der Waals surface area (Å²) < 4.78 is 24.7. The van der Waals surface area contributed by atoms with Crippen LogP contribution in [-0.2, 0) is 53.9 Å². The number of hydrogen-bond acceptors (Lipinski definition) is 12. The van der Waals surface area contributed by atoms with Crippen LogP contribution in [0.25, 0.3) is 0 Å². The molecule has 0 aliphatic carbocycles. The van der Waals surface area contributed by atoms with E-state index in [1.54, 1.807) is 48.5 Å². The Labute approximate surface area is 403 Å². The number of rotatable bonds is 16. The molecular formula is C56H44O12Sn. The summed E-state index contributed by atoms with van der Waals surface area (Å²) in [4.78, 5) is 61.7. The number of benzene rings is 8. The Morgan fingerprint density at radius 1 is 0.246 bits per heavy atom. The SMILES string of the molecule is O=C([O][Sn]([O]C(=O)C(O)(c1ccccc1)c1ccccc1)([O]C(=O)C(O)(c1ccccc1)c1ccccc1)[O]C(=O)C(O)(c1ccccc1)c1ccccc1)C(O)(c1ccccc1)c1ccccc1. The van der Waals surface area contributed by atoms with Crippen LogP contribution in [-0.4, -0.2) is 64.3 Å². The summed E-state index contributed by atoms with van der Waals surface area (Å²) in [5, 5.41) is 51.3. The van der Waals surface area contributed by atoms with E-state index >= 15 is 19.2 Å².